The maximum atomic E-state index is 9.96. The number of hydrogen-bond acceptors (Lipinski definition) is 1. The van der Waals surface area contributed by atoms with Crippen molar-refractivity contribution in [2.45, 2.75) is 39.0 Å². The molecule has 0 aromatic carbocycles. The number of carbonyl (C=O) groups excluding carboxylic acids is 1. The SMILES string of the molecule is CCCCCCC(Br)=C=O. The number of allylic oxidation sites excluding steroid dienone is 1. The van der Waals surface area contributed by atoms with Crippen molar-refractivity contribution in [3.8, 4) is 0 Å². The molecule has 0 aliphatic rings. The van der Waals surface area contributed by atoms with Crippen LogP contribution in [0.3, 0.4) is 0 Å². The monoisotopic (exact) mass is 204 g/mol. The van der Waals surface area contributed by atoms with Crippen LogP contribution >= 0.6 is 15.9 Å². The normalized spacial score (nSPS) is 9.00. The van der Waals surface area contributed by atoms with Crippen LogP contribution in [0.2, 0.25) is 0 Å². The second-order valence-electron chi connectivity index (χ2n) is 2.32. The molecule has 0 bridgehead atoms. The van der Waals surface area contributed by atoms with E-state index >= 15 is 0 Å². The third kappa shape index (κ3) is 6.06. The molecule has 0 rings (SSSR count). The van der Waals surface area contributed by atoms with Crippen LogP contribution in [0.15, 0.2) is 4.48 Å². The lowest BCUT2D eigenvalue weighted by molar-refractivity contribution is 0.567. The van der Waals surface area contributed by atoms with Crippen LogP contribution < -0.4 is 0 Å². The Morgan fingerprint density at radius 1 is 1.40 bits per heavy atom. The summed E-state index contributed by atoms with van der Waals surface area (Å²) in [6.45, 7) is 2.17. The van der Waals surface area contributed by atoms with E-state index in [1.807, 2.05) is 5.94 Å². The summed E-state index contributed by atoms with van der Waals surface area (Å²) in [5, 5.41) is 0. The van der Waals surface area contributed by atoms with Gasteiger partial charge in [0.2, 0.25) is 0 Å². The van der Waals surface area contributed by atoms with Crippen molar-refractivity contribution in [1.29, 1.82) is 0 Å². The molecule has 10 heavy (non-hydrogen) atoms. The van der Waals surface area contributed by atoms with E-state index in [4.69, 9.17) is 0 Å². The summed E-state index contributed by atoms with van der Waals surface area (Å²) in [7, 11) is 0. The lowest BCUT2D eigenvalue weighted by Gasteiger charge is -1.94. The van der Waals surface area contributed by atoms with E-state index in [0.717, 1.165) is 12.8 Å². The molecule has 0 heterocycles. The van der Waals surface area contributed by atoms with Gasteiger partial charge in [-0.15, -0.1) is 0 Å². The van der Waals surface area contributed by atoms with Crippen molar-refractivity contribution in [3.05, 3.63) is 4.48 Å². The molecule has 2 heteroatoms. The molecule has 0 spiro atoms. The highest BCUT2D eigenvalue weighted by atomic mass is 79.9. The maximum absolute atomic E-state index is 9.96. The molecule has 1 nitrogen and oxygen atoms in total. The molecule has 0 atom stereocenters. The van der Waals surface area contributed by atoms with Gasteiger partial charge in [-0.25, -0.2) is 4.79 Å². The molecule has 0 amide bonds. The van der Waals surface area contributed by atoms with Gasteiger partial charge in [-0.1, -0.05) is 26.2 Å². The topological polar surface area (TPSA) is 17.1 Å². The molecule has 0 aliphatic heterocycles. The minimum atomic E-state index is 0.670. The summed E-state index contributed by atoms with van der Waals surface area (Å²) < 4.78 is 0.670. The minimum absolute atomic E-state index is 0.670. The van der Waals surface area contributed by atoms with Gasteiger partial charge >= 0.3 is 0 Å². The largest absolute Gasteiger partial charge is 0.233 e. The van der Waals surface area contributed by atoms with E-state index in [-0.39, 0.29) is 0 Å². The highest BCUT2D eigenvalue weighted by molar-refractivity contribution is 9.11. The molecule has 0 saturated carbocycles. The molecule has 0 aromatic heterocycles. The molecule has 0 fully saturated rings. The maximum Gasteiger partial charge on any atom is 0.135 e. The predicted molar refractivity (Wildman–Crippen MR) is 46.9 cm³/mol. The van der Waals surface area contributed by atoms with Crippen molar-refractivity contribution in [2.75, 3.05) is 0 Å². The first-order valence-corrected chi connectivity index (χ1v) is 4.50. The summed E-state index contributed by atoms with van der Waals surface area (Å²) in [6.07, 6.45) is 5.67. The van der Waals surface area contributed by atoms with Gasteiger partial charge in [-0.2, -0.15) is 0 Å². The Kier molecular flexibility index (Phi) is 6.99. The molecular weight excluding hydrogens is 192 g/mol. The lowest BCUT2D eigenvalue weighted by atomic mass is 10.2. The van der Waals surface area contributed by atoms with Gasteiger partial charge in [0, 0.05) is 0 Å². The van der Waals surface area contributed by atoms with Crippen molar-refractivity contribution < 1.29 is 4.79 Å². The number of unbranched alkanes of at least 4 members (excludes halogenated alkanes) is 3. The van der Waals surface area contributed by atoms with E-state index in [1.165, 1.54) is 19.3 Å². The smallest absolute Gasteiger partial charge is 0.135 e. The Bertz CT molecular complexity index is 125. The zero-order valence-electron chi connectivity index (χ0n) is 6.32. The molecule has 0 aromatic rings. The first-order valence-electron chi connectivity index (χ1n) is 3.70. The Hall–Kier alpha value is -0.0700. The van der Waals surface area contributed by atoms with E-state index in [1.54, 1.807) is 0 Å². The first-order chi connectivity index (χ1) is 4.81. The van der Waals surface area contributed by atoms with Gasteiger partial charge in [-0.3, -0.25) is 0 Å². The quantitative estimate of drug-likeness (QED) is 0.498. The Balaban J connectivity index is 3.12. The Labute approximate surface area is 70.6 Å². The molecular formula is C8H13BrO. The molecule has 0 unspecified atom stereocenters. The second-order valence-corrected chi connectivity index (χ2v) is 3.27. The van der Waals surface area contributed by atoms with Crippen molar-refractivity contribution in [1.82, 2.24) is 0 Å². The van der Waals surface area contributed by atoms with Crippen LogP contribution in [0.25, 0.3) is 0 Å². The molecule has 0 saturated heterocycles. The van der Waals surface area contributed by atoms with Gasteiger partial charge in [0.05, 0.1) is 4.48 Å². The summed E-state index contributed by atoms with van der Waals surface area (Å²) in [5.41, 5.74) is 0. The number of halogens is 1. The van der Waals surface area contributed by atoms with Gasteiger partial charge in [0.25, 0.3) is 0 Å². The van der Waals surface area contributed by atoms with Gasteiger partial charge < -0.3 is 0 Å². The van der Waals surface area contributed by atoms with E-state index in [0.29, 0.717) is 4.48 Å². The molecule has 0 radical (unpaired) electrons. The average molecular weight is 205 g/mol. The molecule has 58 valence electrons. The highest BCUT2D eigenvalue weighted by Crippen LogP contribution is 2.11. The fraction of sp³-hybridized carbons (Fsp3) is 0.750. The van der Waals surface area contributed by atoms with Crippen molar-refractivity contribution >= 4 is 21.9 Å². The Morgan fingerprint density at radius 3 is 2.60 bits per heavy atom. The Morgan fingerprint density at radius 2 is 2.10 bits per heavy atom. The van der Waals surface area contributed by atoms with Crippen molar-refractivity contribution in [2.24, 2.45) is 0 Å². The van der Waals surface area contributed by atoms with Crippen LogP contribution in [0.1, 0.15) is 39.0 Å². The predicted octanol–water partition coefficient (Wildman–Crippen LogP) is 3.07. The van der Waals surface area contributed by atoms with Gasteiger partial charge in [0.1, 0.15) is 5.94 Å². The van der Waals surface area contributed by atoms with Gasteiger partial charge in [-0.05, 0) is 28.8 Å². The summed E-state index contributed by atoms with van der Waals surface area (Å²) in [4.78, 5) is 9.96. The average Bonchev–Trinajstić information content (AvgIpc) is 1.98. The molecule has 0 aliphatic carbocycles. The lowest BCUT2D eigenvalue weighted by Crippen LogP contribution is -1.77. The fourth-order valence-corrected chi connectivity index (χ4v) is 1.04. The van der Waals surface area contributed by atoms with E-state index in [2.05, 4.69) is 22.9 Å². The van der Waals surface area contributed by atoms with Crippen molar-refractivity contribution in [3.63, 3.8) is 0 Å². The zero-order valence-corrected chi connectivity index (χ0v) is 7.91. The summed E-state index contributed by atoms with van der Waals surface area (Å²) in [6, 6.07) is 0. The van der Waals surface area contributed by atoms with Crippen LogP contribution in [-0.2, 0) is 4.79 Å². The molecule has 0 N–H and O–H groups in total. The van der Waals surface area contributed by atoms with Crippen LogP contribution in [0, 0.1) is 0 Å². The summed E-state index contributed by atoms with van der Waals surface area (Å²) in [5.74, 6) is 1.83. The van der Waals surface area contributed by atoms with Crippen LogP contribution in [0.4, 0.5) is 0 Å². The first kappa shape index (κ1) is 9.93. The standard InChI is InChI=1S/C8H13BrO/c1-2-3-4-5-6-8(9)7-10/h2-6H2,1H3. The summed E-state index contributed by atoms with van der Waals surface area (Å²) >= 11 is 3.12. The second kappa shape index (κ2) is 7.04. The number of rotatable bonds is 5. The van der Waals surface area contributed by atoms with Crippen LogP contribution in [-0.4, -0.2) is 5.94 Å². The van der Waals surface area contributed by atoms with Crippen LogP contribution in [0.5, 0.6) is 0 Å². The van der Waals surface area contributed by atoms with E-state index in [9.17, 15) is 4.79 Å². The minimum Gasteiger partial charge on any atom is -0.233 e. The number of hydrogen-bond donors (Lipinski definition) is 0. The third-order valence-corrected chi connectivity index (χ3v) is 1.92. The highest BCUT2D eigenvalue weighted by Gasteiger charge is 1.91. The van der Waals surface area contributed by atoms with E-state index < -0.39 is 0 Å². The van der Waals surface area contributed by atoms with Gasteiger partial charge in [0.15, 0.2) is 0 Å². The zero-order chi connectivity index (χ0) is 7.82. The third-order valence-electron chi connectivity index (χ3n) is 1.36. The fourth-order valence-electron chi connectivity index (χ4n) is 0.758.